The fraction of sp³-hybridized carbons (Fsp3) is 0.435. The molecule has 1 saturated heterocycles. The highest BCUT2D eigenvalue weighted by molar-refractivity contribution is 6.29. The number of nitrogens with zero attached hydrogens (tertiary/aromatic N) is 4. The van der Waals surface area contributed by atoms with Crippen molar-refractivity contribution in [2.45, 2.75) is 19.4 Å². The van der Waals surface area contributed by atoms with Crippen molar-refractivity contribution in [3.63, 3.8) is 0 Å². The molecule has 2 aliphatic heterocycles. The third-order valence-electron chi connectivity index (χ3n) is 5.89. The number of carbonyl (C=O) groups is 2. The second-order valence-electron chi connectivity index (χ2n) is 8.28. The zero-order chi connectivity index (χ0) is 22.8. The molecule has 170 valence electrons. The van der Waals surface area contributed by atoms with Crippen molar-refractivity contribution < 1.29 is 18.7 Å². The number of ether oxygens (including phenoxy) is 1. The molecule has 1 fully saturated rings. The molecular formula is C23H26ClFN4O3. The molecule has 2 aliphatic rings. The van der Waals surface area contributed by atoms with E-state index in [-0.39, 0.29) is 42.0 Å². The first-order valence-electron chi connectivity index (χ1n) is 10.6. The number of benzene rings is 1. The first-order chi connectivity index (χ1) is 15.4. The van der Waals surface area contributed by atoms with Crippen molar-refractivity contribution in [2.75, 3.05) is 50.6 Å². The van der Waals surface area contributed by atoms with Crippen molar-refractivity contribution in [2.24, 2.45) is 0 Å². The number of hydrogen-bond donors (Lipinski definition) is 0. The van der Waals surface area contributed by atoms with Crippen LogP contribution in [0.3, 0.4) is 0 Å². The minimum atomic E-state index is -0.327. The molecule has 2 amide bonds. The highest BCUT2D eigenvalue weighted by atomic mass is 35.5. The monoisotopic (exact) mass is 460 g/mol. The Hall–Kier alpha value is -2.71. The molecule has 7 nitrogen and oxygen atoms in total. The summed E-state index contributed by atoms with van der Waals surface area (Å²) in [6, 6.07) is 7.71. The molecule has 1 aromatic heterocycles. The maximum atomic E-state index is 13.4. The number of hydrogen-bond acceptors (Lipinski definition) is 5. The van der Waals surface area contributed by atoms with Gasteiger partial charge in [-0.15, -0.1) is 11.6 Å². The summed E-state index contributed by atoms with van der Waals surface area (Å²) in [6.07, 6.45) is 0.368. The van der Waals surface area contributed by atoms with Crippen LogP contribution in [-0.4, -0.2) is 78.4 Å². The molecule has 1 atom stereocenters. The number of halogens is 2. The Labute approximate surface area is 191 Å². The Morgan fingerprint density at radius 2 is 1.88 bits per heavy atom. The van der Waals surface area contributed by atoms with Crippen LogP contribution < -0.4 is 9.64 Å². The van der Waals surface area contributed by atoms with E-state index in [2.05, 4.69) is 9.88 Å². The molecule has 1 aromatic carbocycles. The van der Waals surface area contributed by atoms with Gasteiger partial charge in [0, 0.05) is 26.2 Å². The van der Waals surface area contributed by atoms with E-state index in [1.165, 1.54) is 12.1 Å². The molecular weight excluding hydrogens is 435 g/mol. The minimum absolute atomic E-state index is 0.168. The van der Waals surface area contributed by atoms with Crippen LogP contribution in [0.4, 0.5) is 10.1 Å². The summed E-state index contributed by atoms with van der Waals surface area (Å²) in [5.41, 5.74) is 2.29. The van der Waals surface area contributed by atoms with E-state index in [1.807, 2.05) is 14.0 Å². The number of likely N-dealkylation sites (N-methyl/N-ethyl adjacent to an activating group) is 1. The smallest absolute Gasteiger partial charge is 0.272 e. The topological polar surface area (TPSA) is 66.0 Å². The number of carbonyl (C=O) groups excluding carboxylic acids is 2. The van der Waals surface area contributed by atoms with Crippen molar-refractivity contribution in [1.82, 2.24) is 14.8 Å². The lowest BCUT2D eigenvalue weighted by Gasteiger charge is -2.35. The second-order valence-corrected chi connectivity index (χ2v) is 8.54. The summed E-state index contributed by atoms with van der Waals surface area (Å²) in [5, 5.41) is 0. The third-order valence-corrected chi connectivity index (χ3v) is 6.12. The van der Waals surface area contributed by atoms with E-state index in [4.69, 9.17) is 16.3 Å². The number of aromatic nitrogens is 1. The van der Waals surface area contributed by atoms with Gasteiger partial charge in [0.25, 0.3) is 5.91 Å². The van der Waals surface area contributed by atoms with Gasteiger partial charge in [0.1, 0.15) is 29.7 Å². The molecule has 2 aromatic rings. The number of pyridine rings is 1. The highest BCUT2D eigenvalue weighted by Crippen LogP contribution is 2.35. The van der Waals surface area contributed by atoms with E-state index in [0.717, 1.165) is 18.7 Å². The van der Waals surface area contributed by atoms with Crippen LogP contribution in [0.5, 0.6) is 5.88 Å². The lowest BCUT2D eigenvalue weighted by atomic mass is 10.0. The summed E-state index contributed by atoms with van der Waals surface area (Å²) >= 11 is 5.84. The van der Waals surface area contributed by atoms with Crippen LogP contribution in [0, 0.1) is 5.82 Å². The van der Waals surface area contributed by atoms with Crippen LogP contribution in [0.2, 0.25) is 0 Å². The fourth-order valence-corrected chi connectivity index (χ4v) is 4.19. The van der Waals surface area contributed by atoms with Gasteiger partial charge in [-0.05, 0) is 49.7 Å². The number of alkyl halides is 1. The van der Waals surface area contributed by atoms with Gasteiger partial charge in [0.2, 0.25) is 11.8 Å². The zero-order valence-electron chi connectivity index (χ0n) is 18.2. The van der Waals surface area contributed by atoms with E-state index < -0.39 is 0 Å². The molecule has 0 aliphatic carbocycles. The van der Waals surface area contributed by atoms with E-state index in [1.54, 1.807) is 28.0 Å². The molecule has 3 heterocycles. The summed E-state index contributed by atoms with van der Waals surface area (Å²) in [4.78, 5) is 36.1. The molecule has 0 N–H and O–H groups in total. The van der Waals surface area contributed by atoms with Gasteiger partial charge in [-0.1, -0.05) is 12.1 Å². The van der Waals surface area contributed by atoms with Crippen molar-refractivity contribution >= 4 is 29.1 Å². The fourth-order valence-electron chi connectivity index (χ4n) is 4.06. The van der Waals surface area contributed by atoms with Gasteiger partial charge in [-0.3, -0.25) is 9.59 Å². The Morgan fingerprint density at radius 1 is 1.19 bits per heavy atom. The average molecular weight is 461 g/mol. The van der Waals surface area contributed by atoms with E-state index in [0.29, 0.717) is 36.5 Å². The number of piperazine rings is 1. The summed E-state index contributed by atoms with van der Waals surface area (Å²) in [6.45, 7) is 4.93. The predicted molar refractivity (Wildman–Crippen MR) is 120 cm³/mol. The molecule has 0 bridgehead atoms. The average Bonchev–Trinajstić information content (AvgIpc) is 2.80. The lowest BCUT2D eigenvalue weighted by Crippen LogP contribution is -2.48. The number of anilines is 1. The van der Waals surface area contributed by atoms with Crippen LogP contribution in [0.25, 0.3) is 0 Å². The van der Waals surface area contributed by atoms with Crippen LogP contribution in [0.1, 0.15) is 28.5 Å². The predicted octanol–water partition coefficient (Wildman–Crippen LogP) is 2.55. The standard InChI is InChI=1S/C23H26ClFN4O3/c1-15-14-32-22-19(29(15)20(30)13-24)12-17(11-16-3-5-18(25)6-4-16)21(26-22)23(31)28-9-7-27(2)8-10-28/h3-6,12,15H,7-11,13-14H2,1-2H3. The largest absolute Gasteiger partial charge is 0.474 e. The van der Waals surface area contributed by atoms with Crippen molar-refractivity contribution in [3.8, 4) is 5.88 Å². The zero-order valence-corrected chi connectivity index (χ0v) is 18.9. The Balaban J connectivity index is 1.76. The third kappa shape index (κ3) is 4.56. The molecule has 4 rings (SSSR count). The molecule has 9 heteroatoms. The molecule has 0 spiro atoms. The molecule has 1 unspecified atom stereocenters. The Kier molecular flexibility index (Phi) is 6.62. The summed E-state index contributed by atoms with van der Waals surface area (Å²) in [5.74, 6) is -0.667. The second kappa shape index (κ2) is 9.42. The van der Waals surface area contributed by atoms with Gasteiger partial charge in [-0.2, -0.15) is 0 Å². The van der Waals surface area contributed by atoms with Crippen LogP contribution >= 0.6 is 11.6 Å². The van der Waals surface area contributed by atoms with Crippen LogP contribution in [0.15, 0.2) is 30.3 Å². The van der Waals surface area contributed by atoms with Gasteiger partial charge in [0.05, 0.1) is 6.04 Å². The van der Waals surface area contributed by atoms with E-state index in [9.17, 15) is 14.0 Å². The van der Waals surface area contributed by atoms with Gasteiger partial charge < -0.3 is 19.4 Å². The first kappa shape index (κ1) is 22.5. The maximum Gasteiger partial charge on any atom is 0.272 e. The van der Waals surface area contributed by atoms with Crippen molar-refractivity contribution in [1.29, 1.82) is 0 Å². The summed E-state index contributed by atoms with van der Waals surface area (Å²) < 4.78 is 19.2. The minimum Gasteiger partial charge on any atom is -0.474 e. The number of amides is 2. The lowest BCUT2D eigenvalue weighted by molar-refractivity contribution is -0.117. The van der Waals surface area contributed by atoms with E-state index >= 15 is 0 Å². The van der Waals surface area contributed by atoms with Gasteiger partial charge in [0.15, 0.2) is 0 Å². The molecule has 0 saturated carbocycles. The molecule has 32 heavy (non-hydrogen) atoms. The normalized spacial score (nSPS) is 18.8. The quantitative estimate of drug-likeness (QED) is 0.656. The van der Waals surface area contributed by atoms with Gasteiger partial charge in [-0.25, -0.2) is 9.37 Å². The first-order valence-corrected chi connectivity index (χ1v) is 11.2. The Bertz CT molecular complexity index is 1010. The van der Waals surface area contributed by atoms with Crippen LogP contribution in [-0.2, 0) is 11.2 Å². The van der Waals surface area contributed by atoms with Crippen molar-refractivity contribution in [3.05, 3.63) is 53.0 Å². The maximum absolute atomic E-state index is 13.4. The number of fused-ring (bicyclic) bond motifs is 1. The number of rotatable bonds is 4. The Morgan fingerprint density at radius 3 is 2.53 bits per heavy atom. The summed E-state index contributed by atoms with van der Waals surface area (Å²) in [7, 11) is 2.02. The molecule has 0 radical (unpaired) electrons. The van der Waals surface area contributed by atoms with Gasteiger partial charge >= 0.3 is 0 Å². The highest BCUT2D eigenvalue weighted by Gasteiger charge is 2.33. The SMILES string of the molecule is CC1COc2nc(C(=O)N3CCN(C)CC3)c(Cc3ccc(F)cc3)cc2N1C(=O)CCl.